The van der Waals surface area contributed by atoms with Gasteiger partial charge in [-0.1, -0.05) is 18.2 Å². The Balaban J connectivity index is 1.40. The van der Waals surface area contributed by atoms with Gasteiger partial charge in [-0.15, -0.1) is 0 Å². The number of nitrogens with zero attached hydrogens (tertiary/aromatic N) is 3. The van der Waals surface area contributed by atoms with Gasteiger partial charge in [0.05, 0.1) is 5.69 Å². The van der Waals surface area contributed by atoms with Crippen LogP contribution in [0.1, 0.15) is 41.6 Å². The van der Waals surface area contributed by atoms with E-state index in [-0.39, 0.29) is 23.9 Å². The third kappa shape index (κ3) is 3.72. The topological polar surface area (TPSA) is 108 Å². The summed E-state index contributed by atoms with van der Waals surface area (Å²) in [7, 11) is 0. The maximum absolute atomic E-state index is 12.7. The summed E-state index contributed by atoms with van der Waals surface area (Å²) in [5.74, 6) is 0.893. The lowest BCUT2D eigenvalue weighted by molar-refractivity contribution is -0.121. The number of para-hydroxylation sites is 1. The minimum atomic E-state index is -0.201. The molecule has 8 heteroatoms. The predicted octanol–water partition coefficient (Wildman–Crippen LogP) is 2.50. The molecule has 0 unspecified atom stereocenters. The molecule has 0 bridgehead atoms. The molecule has 1 atom stereocenters. The molecule has 30 heavy (non-hydrogen) atoms. The molecule has 0 aliphatic rings. The van der Waals surface area contributed by atoms with Crippen LogP contribution in [0.25, 0.3) is 16.7 Å². The first-order chi connectivity index (χ1) is 14.3. The van der Waals surface area contributed by atoms with Gasteiger partial charge >= 0.3 is 0 Å². The molecule has 4 rings (SSSR count). The van der Waals surface area contributed by atoms with Gasteiger partial charge < -0.3 is 10.3 Å². The van der Waals surface area contributed by atoms with Gasteiger partial charge in [0.2, 0.25) is 5.91 Å². The minimum absolute atomic E-state index is 0.0185. The molecule has 4 aromatic rings. The molecule has 0 saturated carbocycles. The van der Waals surface area contributed by atoms with Crippen LogP contribution in [0.5, 0.6) is 0 Å². The standard InChI is InChI=1S/C22H26N6O2/c1-12-6-5-7-18-16(11-23-20(12)18)10-13(2)24-19(29)9-8-17-14(3)25-22-26-15(4)27-28(22)21(17)30/h5-7,11,13,23H,8-10H2,1-4H3,(H,24,29)(H,25,26,27)/t13-/m0/s1. The molecule has 0 radical (unpaired) electrons. The van der Waals surface area contributed by atoms with Crippen molar-refractivity contribution < 1.29 is 4.79 Å². The Morgan fingerprint density at radius 3 is 2.83 bits per heavy atom. The van der Waals surface area contributed by atoms with E-state index in [1.54, 1.807) is 13.8 Å². The fourth-order valence-corrected chi connectivity index (χ4v) is 3.95. The number of H-pyrrole nitrogens is 2. The first-order valence-electron chi connectivity index (χ1n) is 10.1. The van der Waals surface area contributed by atoms with Crippen molar-refractivity contribution in [2.45, 2.75) is 53.0 Å². The maximum Gasteiger partial charge on any atom is 0.277 e. The van der Waals surface area contributed by atoms with Crippen LogP contribution in [0, 0.1) is 20.8 Å². The van der Waals surface area contributed by atoms with Crippen LogP contribution in [0.15, 0.2) is 29.2 Å². The fraction of sp³-hybridized carbons (Fsp3) is 0.364. The number of aryl methyl sites for hydroxylation is 3. The van der Waals surface area contributed by atoms with E-state index in [0.29, 0.717) is 29.3 Å². The van der Waals surface area contributed by atoms with Crippen molar-refractivity contribution in [1.29, 1.82) is 0 Å². The van der Waals surface area contributed by atoms with Crippen LogP contribution in [-0.2, 0) is 17.6 Å². The van der Waals surface area contributed by atoms with E-state index in [9.17, 15) is 9.59 Å². The van der Waals surface area contributed by atoms with Crippen molar-refractivity contribution in [1.82, 2.24) is 29.9 Å². The first-order valence-corrected chi connectivity index (χ1v) is 10.1. The van der Waals surface area contributed by atoms with Crippen LogP contribution in [0.4, 0.5) is 0 Å². The largest absolute Gasteiger partial charge is 0.361 e. The second-order valence-corrected chi connectivity index (χ2v) is 7.91. The van der Waals surface area contributed by atoms with Crippen LogP contribution in [0.3, 0.4) is 0 Å². The lowest BCUT2D eigenvalue weighted by Crippen LogP contribution is -2.34. The highest BCUT2D eigenvalue weighted by molar-refractivity contribution is 5.86. The molecule has 0 fully saturated rings. The Morgan fingerprint density at radius 2 is 2.03 bits per heavy atom. The summed E-state index contributed by atoms with van der Waals surface area (Å²) in [4.78, 5) is 37.1. The van der Waals surface area contributed by atoms with Gasteiger partial charge in [0, 0.05) is 35.1 Å². The average molecular weight is 406 g/mol. The van der Waals surface area contributed by atoms with Crippen molar-refractivity contribution in [3.05, 3.63) is 63.0 Å². The number of fused-ring (bicyclic) bond motifs is 2. The zero-order valence-electron chi connectivity index (χ0n) is 17.7. The van der Waals surface area contributed by atoms with Crippen LogP contribution < -0.4 is 10.9 Å². The summed E-state index contributed by atoms with van der Waals surface area (Å²) in [6, 6.07) is 6.20. The number of aromatic amines is 2. The maximum atomic E-state index is 12.7. The molecule has 0 spiro atoms. The van der Waals surface area contributed by atoms with Gasteiger partial charge in [0.15, 0.2) is 0 Å². The van der Waals surface area contributed by atoms with Crippen molar-refractivity contribution in [3.8, 4) is 0 Å². The van der Waals surface area contributed by atoms with Crippen molar-refractivity contribution >= 4 is 22.6 Å². The number of rotatable bonds is 6. The Hall–Kier alpha value is -3.42. The summed E-state index contributed by atoms with van der Waals surface area (Å²) < 4.78 is 1.33. The van der Waals surface area contributed by atoms with Crippen LogP contribution >= 0.6 is 0 Å². The number of carbonyl (C=O) groups is 1. The second-order valence-electron chi connectivity index (χ2n) is 7.91. The number of nitrogens with one attached hydrogen (secondary N) is 3. The van der Waals surface area contributed by atoms with E-state index in [4.69, 9.17) is 0 Å². The zero-order valence-corrected chi connectivity index (χ0v) is 17.7. The number of benzene rings is 1. The Morgan fingerprint density at radius 1 is 1.23 bits per heavy atom. The van der Waals surface area contributed by atoms with E-state index in [1.807, 2.05) is 19.2 Å². The average Bonchev–Trinajstić information content (AvgIpc) is 3.25. The molecule has 0 aliphatic carbocycles. The highest BCUT2D eigenvalue weighted by atomic mass is 16.1. The van der Waals surface area contributed by atoms with Gasteiger partial charge in [-0.3, -0.25) is 14.7 Å². The summed E-state index contributed by atoms with van der Waals surface area (Å²) in [5.41, 5.74) is 4.47. The van der Waals surface area contributed by atoms with E-state index in [2.05, 4.69) is 44.4 Å². The fourth-order valence-electron chi connectivity index (χ4n) is 3.95. The number of hydrogen-bond donors (Lipinski definition) is 3. The molecule has 3 heterocycles. The molecule has 0 aliphatic heterocycles. The third-order valence-electron chi connectivity index (χ3n) is 5.45. The Bertz CT molecular complexity index is 1300. The lowest BCUT2D eigenvalue weighted by atomic mass is 10.0. The lowest BCUT2D eigenvalue weighted by Gasteiger charge is -2.14. The molecular formula is C22H26N6O2. The summed E-state index contributed by atoms with van der Waals surface area (Å²) in [6.45, 7) is 7.62. The summed E-state index contributed by atoms with van der Waals surface area (Å²) >= 11 is 0. The molecule has 156 valence electrons. The monoisotopic (exact) mass is 406 g/mol. The van der Waals surface area contributed by atoms with Gasteiger partial charge in [0.25, 0.3) is 11.3 Å². The van der Waals surface area contributed by atoms with Gasteiger partial charge in [-0.2, -0.15) is 9.50 Å². The highest BCUT2D eigenvalue weighted by Gasteiger charge is 2.16. The smallest absolute Gasteiger partial charge is 0.277 e. The summed E-state index contributed by atoms with van der Waals surface area (Å²) in [6.07, 6.45) is 3.31. The normalized spacial score (nSPS) is 12.5. The van der Waals surface area contributed by atoms with Crippen LogP contribution in [-0.4, -0.2) is 36.5 Å². The van der Waals surface area contributed by atoms with Crippen molar-refractivity contribution in [2.24, 2.45) is 0 Å². The predicted molar refractivity (Wildman–Crippen MR) is 116 cm³/mol. The Labute approximate surface area is 173 Å². The van der Waals surface area contributed by atoms with E-state index in [0.717, 1.165) is 11.9 Å². The highest BCUT2D eigenvalue weighted by Crippen LogP contribution is 2.22. The van der Waals surface area contributed by atoms with E-state index >= 15 is 0 Å². The quantitative estimate of drug-likeness (QED) is 0.457. The molecule has 3 aromatic heterocycles. The van der Waals surface area contributed by atoms with Crippen molar-refractivity contribution in [3.63, 3.8) is 0 Å². The van der Waals surface area contributed by atoms with Gasteiger partial charge in [-0.05, 0) is 51.7 Å². The van der Waals surface area contributed by atoms with E-state index < -0.39 is 0 Å². The SMILES string of the molecule is Cc1nc2nc(C)c(CCC(=O)N[C@@H](C)Cc3c[nH]c4c(C)cccc34)c(=O)n2[nH]1. The van der Waals surface area contributed by atoms with E-state index in [1.165, 1.54) is 21.0 Å². The molecule has 1 aromatic carbocycles. The minimum Gasteiger partial charge on any atom is -0.361 e. The number of amides is 1. The molecule has 3 N–H and O–H groups in total. The number of hydrogen-bond acceptors (Lipinski definition) is 4. The van der Waals surface area contributed by atoms with Crippen molar-refractivity contribution in [2.75, 3.05) is 0 Å². The molecular weight excluding hydrogens is 380 g/mol. The van der Waals surface area contributed by atoms with Crippen LogP contribution in [0.2, 0.25) is 0 Å². The first kappa shape index (κ1) is 19.9. The third-order valence-corrected chi connectivity index (χ3v) is 5.45. The second kappa shape index (κ2) is 7.78. The Kier molecular flexibility index (Phi) is 5.15. The molecule has 8 nitrogen and oxygen atoms in total. The zero-order chi connectivity index (χ0) is 21.4. The summed E-state index contributed by atoms with van der Waals surface area (Å²) in [5, 5.41) is 7.12. The molecule has 0 saturated heterocycles. The van der Waals surface area contributed by atoms with Gasteiger partial charge in [-0.25, -0.2) is 4.98 Å². The number of aromatic nitrogens is 5. The number of carbonyl (C=O) groups excluding carboxylic acids is 1. The molecule has 1 amide bonds. The van der Waals surface area contributed by atoms with Gasteiger partial charge in [0.1, 0.15) is 5.82 Å².